The summed E-state index contributed by atoms with van der Waals surface area (Å²) in [7, 11) is 0. The van der Waals surface area contributed by atoms with Gasteiger partial charge in [0, 0.05) is 0 Å². The zero-order valence-electron chi connectivity index (χ0n) is 6.11. The van der Waals surface area contributed by atoms with Gasteiger partial charge in [-0.15, -0.1) is 0 Å². The summed E-state index contributed by atoms with van der Waals surface area (Å²) in [5.41, 5.74) is 0. The Kier molecular flexibility index (Phi) is 3.44. The molecule has 0 aromatic heterocycles. The quantitative estimate of drug-likeness (QED) is 0.672. The summed E-state index contributed by atoms with van der Waals surface area (Å²) >= 11 is 6.76. The van der Waals surface area contributed by atoms with Gasteiger partial charge in [0.2, 0.25) is 0 Å². The molecule has 10 heavy (non-hydrogen) atoms. The molecule has 0 aliphatic heterocycles. The molecule has 1 saturated carbocycles. The maximum atomic E-state index is 3.38. The maximum absolute atomic E-state index is 3.38. The Hall–Kier alpha value is 0.700. The van der Waals surface area contributed by atoms with E-state index in [1.165, 1.54) is 19.3 Å². The molecule has 1 fully saturated rings. The molecule has 0 unspecified atom stereocenters. The van der Waals surface area contributed by atoms with Gasteiger partial charge in [0.15, 0.2) is 0 Å². The predicted molar refractivity (Wildman–Crippen MR) is 52.4 cm³/mol. The van der Waals surface area contributed by atoms with E-state index in [0.29, 0.717) is 0 Å². The lowest BCUT2D eigenvalue weighted by molar-refractivity contribution is 0.586. The highest BCUT2D eigenvalue weighted by atomic mass is 79.9. The second kappa shape index (κ2) is 3.91. The lowest BCUT2D eigenvalue weighted by Crippen LogP contribution is -1.88. The number of allylic oxidation sites excluding steroid dienone is 1. The first-order valence-corrected chi connectivity index (χ1v) is 5.30. The first-order chi connectivity index (χ1) is 4.68. The number of halogens is 2. The van der Waals surface area contributed by atoms with Gasteiger partial charge in [0.05, 0.1) is 3.39 Å². The van der Waals surface area contributed by atoms with Gasteiger partial charge in [0.25, 0.3) is 0 Å². The van der Waals surface area contributed by atoms with Crippen molar-refractivity contribution in [2.24, 2.45) is 11.8 Å². The summed E-state index contributed by atoms with van der Waals surface area (Å²) < 4.78 is 1.11. The highest BCUT2D eigenvalue weighted by molar-refractivity contribution is 9.28. The van der Waals surface area contributed by atoms with Crippen LogP contribution in [-0.2, 0) is 0 Å². The molecule has 1 rings (SSSR count). The van der Waals surface area contributed by atoms with Crippen molar-refractivity contribution in [3.8, 4) is 0 Å². The standard InChI is InChI=1S/C8H12Br2/c1-6-2-3-7(4-6)5-8(9)10/h5-7H,2-4H2,1H3/t6-,7+/m0/s1. The summed E-state index contributed by atoms with van der Waals surface area (Å²) in [5, 5.41) is 0. The minimum Gasteiger partial charge on any atom is -0.0625 e. The van der Waals surface area contributed by atoms with Gasteiger partial charge in [-0.1, -0.05) is 19.4 Å². The van der Waals surface area contributed by atoms with Gasteiger partial charge in [-0.2, -0.15) is 0 Å². The molecule has 0 aromatic carbocycles. The topological polar surface area (TPSA) is 0 Å². The Labute approximate surface area is 79.3 Å². The molecule has 0 bridgehead atoms. The summed E-state index contributed by atoms with van der Waals surface area (Å²) in [5.74, 6) is 1.74. The van der Waals surface area contributed by atoms with Crippen LogP contribution in [-0.4, -0.2) is 0 Å². The molecule has 0 heterocycles. The molecule has 0 spiro atoms. The van der Waals surface area contributed by atoms with Gasteiger partial charge in [-0.3, -0.25) is 0 Å². The minimum atomic E-state index is 0.809. The highest BCUT2D eigenvalue weighted by Crippen LogP contribution is 2.33. The molecule has 0 saturated heterocycles. The Morgan fingerprint density at radius 2 is 2.10 bits per heavy atom. The van der Waals surface area contributed by atoms with Gasteiger partial charge in [-0.05, 0) is 56.5 Å². The van der Waals surface area contributed by atoms with E-state index in [4.69, 9.17) is 0 Å². The SMILES string of the molecule is C[C@H]1CC[C@@H](C=C(Br)Br)C1. The first kappa shape index (κ1) is 8.79. The third kappa shape index (κ3) is 2.75. The normalized spacial score (nSPS) is 32.3. The fourth-order valence-corrected chi connectivity index (χ4v) is 2.33. The van der Waals surface area contributed by atoms with Crippen molar-refractivity contribution in [1.82, 2.24) is 0 Å². The molecule has 1 aliphatic rings. The fourth-order valence-electron chi connectivity index (χ4n) is 1.58. The number of rotatable bonds is 1. The third-order valence-corrected chi connectivity index (χ3v) is 2.63. The maximum Gasteiger partial charge on any atom is 0.0567 e. The van der Waals surface area contributed by atoms with Gasteiger partial charge >= 0.3 is 0 Å². The van der Waals surface area contributed by atoms with Crippen molar-refractivity contribution in [2.45, 2.75) is 26.2 Å². The van der Waals surface area contributed by atoms with Crippen LogP contribution in [0.4, 0.5) is 0 Å². The van der Waals surface area contributed by atoms with E-state index in [-0.39, 0.29) is 0 Å². The van der Waals surface area contributed by atoms with E-state index in [0.717, 1.165) is 15.2 Å². The van der Waals surface area contributed by atoms with Crippen LogP contribution < -0.4 is 0 Å². The molecule has 0 N–H and O–H groups in total. The fraction of sp³-hybridized carbons (Fsp3) is 0.750. The molecule has 0 radical (unpaired) electrons. The second-order valence-electron chi connectivity index (χ2n) is 3.13. The molecule has 2 heteroatoms. The van der Waals surface area contributed by atoms with Crippen molar-refractivity contribution in [1.29, 1.82) is 0 Å². The van der Waals surface area contributed by atoms with E-state index in [2.05, 4.69) is 44.9 Å². The van der Waals surface area contributed by atoms with Crippen LogP contribution >= 0.6 is 31.9 Å². The van der Waals surface area contributed by atoms with E-state index < -0.39 is 0 Å². The number of hydrogen-bond donors (Lipinski definition) is 0. The van der Waals surface area contributed by atoms with Crippen LogP contribution in [0.3, 0.4) is 0 Å². The summed E-state index contributed by atoms with van der Waals surface area (Å²) in [6.45, 7) is 2.33. The van der Waals surface area contributed by atoms with Crippen LogP contribution in [0.15, 0.2) is 9.47 Å². The van der Waals surface area contributed by atoms with Crippen molar-refractivity contribution in [3.05, 3.63) is 9.47 Å². The molecule has 0 amide bonds. The average molecular weight is 268 g/mol. The van der Waals surface area contributed by atoms with Gasteiger partial charge in [0.1, 0.15) is 0 Å². The third-order valence-electron chi connectivity index (χ3n) is 2.10. The zero-order valence-corrected chi connectivity index (χ0v) is 9.28. The van der Waals surface area contributed by atoms with Crippen molar-refractivity contribution in [2.75, 3.05) is 0 Å². The lowest BCUT2D eigenvalue weighted by Gasteiger charge is -2.00. The van der Waals surface area contributed by atoms with Crippen LogP contribution in [0.5, 0.6) is 0 Å². The van der Waals surface area contributed by atoms with Crippen LogP contribution in [0, 0.1) is 11.8 Å². The molecule has 0 aromatic rings. The Morgan fingerprint density at radius 3 is 2.50 bits per heavy atom. The van der Waals surface area contributed by atoms with Crippen LogP contribution in [0.2, 0.25) is 0 Å². The highest BCUT2D eigenvalue weighted by Gasteiger charge is 2.18. The van der Waals surface area contributed by atoms with Gasteiger partial charge in [-0.25, -0.2) is 0 Å². The van der Waals surface area contributed by atoms with E-state index >= 15 is 0 Å². The largest absolute Gasteiger partial charge is 0.0625 e. The lowest BCUT2D eigenvalue weighted by atomic mass is 10.1. The summed E-state index contributed by atoms with van der Waals surface area (Å²) in [4.78, 5) is 0. The number of hydrogen-bond acceptors (Lipinski definition) is 0. The average Bonchev–Trinajstić information content (AvgIpc) is 2.13. The van der Waals surface area contributed by atoms with E-state index in [1.54, 1.807) is 0 Å². The smallest absolute Gasteiger partial charge is 0.0567 e. The van der Waals surface area contributed by atoms with Crippen LogP contribution in [0.25, 0.3) is 0 Å². The molecular formula is C8H12Br2. The zero-order chi connectivity index (χ0) is 7.56. The monoisotopic (exact) mass is 266 g/mol. The van der Waals surface area contributed by atoms with Crippen molar-refractivity contribution >= 4 is 31.9 Å². The van der Waals surface area contributed by atoms with Crippen LogP contribution in [0.1, 0.15) is 26.2 Å². The Balaban J connectivity index is 2.38. The second-order valence-corrected chi connectivity index (χ2v) is 5.91. The summed E-state index contributed by atoms with van der Waals surface area (Å²) in [6.07, 6.45) is 6.39. The Morgan fingerprint density at radius 1 is 1.40 bits per heavy atom. The van der Waals surface area contributed by atoms with Gasteiger partial charge < -0.3 is 0 Å². The van der Waals surface area contributed by atoms with Crippen molar-refractivity contribution < 1.29 is 0 Å². The molecule has 0 nitrogen and oxygen atoms in total. The molecule has 1 aliphatic carbocycles. The molecule has 2 atom stereocenters. The first-order valence-electron chi connectivity index (χ1n) is 3.71. The predicted octanol–water partition coefficient (Wildman–Crippen LogP) is 4.05. The molecular weight excluding hydrogens is 256 g/mol. The van der Waals surface area contributed by atoms with E-state index in [9.17, 15) is 0 Å². The van der Waals surface area contributed by atoms with Crippen molar-refractivity contribution in [3.63, 3.8) is 0 Å². The minimum absolute atomic E-state index is 0.809. The molecule has 58 valence electrons. The van der Waals surface area contributed by atoms with E-state index in [1.807, 2.05) is 0 Å². The summed E-state index contributed by atoms with van der Waals surface area (Å²) in [6, 6.07) is 0. The Bertz CT molecular complexity index is 136.